The summed E-state index contributed by atoms with van der Waals surface area (Å²) in [5, 5.41) is 13.0. The van der Waals surface area contributed by atoms with E-state index in [2.05, 4.69) is 53.1 Å². The fourth-order valence-corrected chi connectivity index (χ4v) is 9.70. The van der Waals surface area contributed by atoms with Crippen molar-refractivity contribution in [3.05, 3.63) is 59.2 Å². The van der Waals surface area contributed by atoms with Crippen LogP contribution < -0.4 is 9.47 Å². The minimum Gasteiger partial charge on any atom is -0.483 e. The van der Waals surface area contributed by atoms with Crippen molar-refractivity contribution in [3.63, 3.8) is 0 Å². The molecule has 244 valence electrons. The fourth-order valence-electron chi connectivity index (χ4n) is 9.70. The van der Waals surface area contributed by atoms with E-state index in [4.69, 9.17) is 9.47 Å². The van der Waals surface area contributed by atoms with Gasteiger partial charge in [0.15, 0.2) is 11.5 Å². The summed E-state index contributed by atoms with van der Waals surface area (Å²) in [7, 11) is 0. The molecule has 0 aromatic heterocycles. The van der Waals surface area contributed by atoms with Gasteiger partial charge in [0.25, 0.3) is 0 Å². The molecule has 5 aliphatic rings. The molecule has 1 spiro atoms. The summed E-state index contributed by atoms with van der Waals surface area (Å²) in [6.45, 7) is 8.01. The molecule has 3 aliphatic carbocycles. The second-order valence-electron chi connectivity index (χ2n) is 14.9. The first-order valence-electron chi connectivity index (χ1n) is 18.2. The van der Waals surface area contributed by atoms with Gasteiger partial charge in [-0.2, -0.15) is 0 Å². The predicted octanol–water partition coefficient (Wildman–Crippen LogP) is 6.84. The van der Waals surface area contributed by atoms with Crippen molar-refractivity contribution >= 4 is 5.97 Å². The number of carbonyl (C=O) groups is 1. The van der Waals surface area contributed by atoms with Crippen LogP contribution in [-0.4, -0.2) is 70.8 Å². The Labute approximate surface area is 270 Å². The van der Waals surface area contributed by atoms with Crippen LogP contribution in [0.3, 0.4) is 0 Å². The van der Waals surface area contributed by atoms with Gasteiger partial charge in [-0.3, -0.25) is 14.6 Å². The van der Waals surface area contributed by atoms with Crippen molar-refractivity contribution < 1.29 is 19.4 Å². The Bertz CT molecular complexity index is 1340. The molecule has 2 aliphatic heterocycles. The van der Waals surface area contributed by atoms with Gasteiger partial charge in [0.05, 0.1) is 11.0 Å². The number of hydrogen-bond acceptors (Lipinski definition) is 6. The highest BCUT2D eigenvalue weighted by atomic mass is 16.6. The molecule has 3 fully saturated rings. The molecule has 2 saturated carbocycles. The molecule has 1 N–H and O–H groups in total. The molecule has 2 aromatic rings. The van der Waals surface area contributed by atoms with Crippen molar-refractivity contribution in [2.75, 3.05) is 26.2 Å². The van der Waals surface area contributed by atoms with Crippen LogP contribution in [0.1, 0.15) is 108 Å². The van der Waals surface area contributed by atoms with Gasteiger partial charge in [-0.15, -0.1) is 0 Å². The van der Waals surface area contributed by atoms with Gasteiger partial charge in [0.2, 0.25) is 0 Å². The molecule has 2 heterocycles. The van der Waals surface area contributed by atoms with E-state index < -0.39 is 11.0 Å². The second-order valence-corrected chi connectivity index (χ2v) is 14.9. The Hall–Kier alpha value is -2.41. The molecule has 6 nitrogen and oxygen atoms in total. The number of carbonyl (C=O) groups excluding carboxylic acids is 1. The summed E-state index contributed by atoms with van der Waals surface area (Å²) in [5.41, 5.74) is 2.59. The predicted molar refractivity (Wildman–Crippen MR) is 178 cm³/mol. The molecule has 1 saturated heterocycles. The third kappa shape index (κ3) is 5.74. The number of benzene rings is 2. The molecule has 45 heavy (non-hydrogen) atoms. The number of piperidine rings is 1. The molecular weight excluding hydrogens is 560 g/mol. The highest BCUT2D eigenvalue weighted by Crippen LogP contribution is 2.66. The van der Waals surface area contributed by atoms with Crippen molar-refractivity contribution in [1.82, 2.24) is 9.80 Å². The number of unbranched alkanes of at least 4 members (excludes halogenated alkanes) is 5. The van der Waals surface area contributed by atoms with Crippen molar-refractivity contribution in [2.45, 2.75) is 133 Å². The Morgan fingerprint density at radius 3 is 2.53 bits per heavy atom. The van der Waals surface area contributed by atoms with Crippen LogP contribution in [-0.2, 0) is 23.1 Å². The first-order chi connectivity index (χ1) is 21.9. The number of aliphatic hydroxyl groups is 1. The molecule has 0 radical (unpaired) electrons. The lowest BCUT2D eigenvalue weighted by atomic mass is 9.48. The van der Waals surface area contributed by atoms with Crippen LogP contribution in [0, 0.1) is 5.92 Å². The molecule has 7 rings (SSSR count). The van der Waals surface area contributed by atoms with E-state index >= 15 is 0 Å². The lowest BCUT2D eigenvalue weighted by Gasteiger charge is -2.65. The minimum absolute atomic E-state index is 0.120. The van der Waals surface area contributed by atoms with Gasteiger partial charge in [-0.05, 0) is 107 Å². The largest absolute Gasteiger partial charge is 0.483 e. The maximum absolute atomic E-state index is 13.0. The Morgan fingerprint density at radius 1 is 1.00 bits per heavy atom. The van der Waals surface area contributed by atoms with E-state index in [9.17, 15) is 9.90 Å². The highest BCUT2D eigenvalue weighted by molar-refractivity contribution is 5.72. The van der Waals surface area contributed by atoms with Gasteiger partial charge < -0.3 is 14.6 Å². The monoisotopic (exact) mass is 614 g/mol. The number of aryl methyl sites for hydroxylation is 1. The molecule has 2 bridgehead atoms. The van der Waals surface area contributed by atoms with E-state index in [1.165, 1.54) is 75.8 Å². The van der Waals surface area contributed by atoms with Crippen LogP contribution in [0.5, 0.6) is 11.5 Å². The average Bonchev–Trinajstić information content (AvgIpc) is 3.78. The molecule has 2 aromatic carbocycles. The Kier molecular flexibility index (Phi) is 9.02. The summed E-state index contributed by atoms with van der Waals surface area (Å²) in [6.07, 6.45) is 15.7. The van der Waals surface area contributed by atoms with Crippen LogP contribution >= 0.6 is 0 Å². The number of nitrogens with zero attached hydrogens (tertiary/aromatic N) is 2. The van der Waals surface area contributed by atoms with Gasteiger partial charge in [-0.25, -0.2) is 0 Å². The SMILES string of the molecule is CCCCCN(CCCCCCc1ccccc1)[C@H]1CC[C@@]2(O)[C@H]3Cc4ccc(OC(C)=O)c5c4[C@@]2(CCN3CC2CC2)[C@H]1O5. The van der Waals surface area contributed by atoms with Crippen LogP contribution in [0.4, 0.5) is 0 Å². The number of hydrogen-bond donors (Lipinski definition) is 1. The van der Waals surface area contributed by atoms with E-state index in [-0.39, 0.29) is 24.2 Å². The molecular formula is C39H54N2O4. The number of likely N-dealkylation sites (tertiary alicyclic amines) is 1. The first kappa shape index (κ1) is 31.2. The van der Waals surface area contributed by atoms with Gasteiger partial charge in [-0.1, -0.05) is 69.0 Å². The van der Waals surface area contributed by atoms with Gasteiger partial charge >= 0.3 is 5.97 Å². The first-order valence-corrected chi connectivity index (χ1v) is 18.2. The standard InChI is InChI=1S/C39H54N2O4/c1-3-4-11-23-40(24-12-6-5-8-13-29-14-9-7-10-15-29)32-20-21-39(43)34-26-31-18-19-33(44-28(2)42)36-35(31)38(39,37(32)45-36)22-25-41(34)27-30-16-17-30/h7,9-10,14-15,18-19,30,32,34,37,43H,3-6,8,11-13,16-17,20-27H2,1-2H3/t32-,34+,37-,38-,39+/m0/s1. The van der Waals surface area contributed by atoms with Crippen LogP contribution in [0.15, 0.2) is 42.5 Å². The summed E-state index contributed by atoms with van der Waals surface area (Å²) in [5.74, 6) is 1.73. The third-order valence-electron chi connectivity index (χ3n) is 12.0. The smallest absolute Gasteiger partial charge is 0.308 e. The topological polar surface area (TPSA) is 62.2 Å². The Balaban J connectivity index is 1.14. The molecule has 5 atom stereocenters. The number of rotatable bonds is 15. The maximum Gasteiger partial charge on any atom is 0.308 e. The Morgan fingerprint density at radius 2 is 1.78 bits per heavy atom. The maximum atomic E-state index is 13.0. The van der Waals surface area contributed by atoms with Gasteiger partial charge in [0, 0.05) is 31.1 Å². The molecule has 0 amide bonds. The number of esters is 1. The second kappa shape index (κ2) is 13.0. The number of ether oxygens (including phenoxy) is 2. The van der Waals surface area contributed by atoms with Crippen molar-refractivity contribution in [3.8, 4) is 11.5 Å². The third-order valence-corrected chi connectivity index (χ3v) is 12.0. The summed E-state index contributed by atoms with van der Waals surface area (Å²) in [4.78, 5) is 17.5. The highest BCUT2D eigenvalue weighted by Gasteiger charge is 2.73. The van der Waals surface area contributed by atoms with Crippen LogP contribution in [0.25, 0.3) is 0 Å². The van der Waals surface area contributed by atoms with Crippen LogP contribution in [0.2, 0.25) is 0 Å². The average molecular weight is 615 g/mol. The van der Waals surface area contributed by atoms with E-state index in [1.807, 2.05) is 6.07 Å². The van der Waals surface area contributed by atoms with Gasteiger partial charge in [0.1, 0.15) is 6.10 Å². The lowest BCUT2D eigenvalue weighted by Crippen LogP contribution is -2.78. The van der Waals surface area contributed by atoms with E-state index in [0.29, 0.717) is 5.75 Å². The normalized spacial score (nSPS) is 29.8. The molecule has 6 heteroatoms. The lowest BCUT2D eigenvalue weighted by molar-refractivity contribution is -0.200. The quantitative estimate of drug-likeness (QED) is 0.135. The summed E-state index contributed by atoms with van der Waals surface area (Å²) >= 11 is 0. The zero-order chi connectivity index (χ0) is 31.0. The molecule has 0 unspecified atom stereocenters. The zero-order valence-corrected chi connectivity index (χ0v) is 27.6. The van der Waals surface area contributed by atoms with E-state index in [0.717, 1.165) is 75.5 Å². The van der Waals surface area contributed by atoms with Crippen molar-refractivity contribution in [2.24, 2.45) is 5.92 Å². The summed E-state index contributed by atoms with van der Waals surface area (Å²) in [6, 6.07) is 15.3. The van der Waals surface area contributed by atoms with E-state index in [1.54, 1.807) is 0 Å². The minimum atomic E-state index is -0.832. The summed E-state index contributed by atoms with van der Waals surface area (Å²) < 4.78 is 12.9. The zero-order valence-electron chi connectivity index (χ0n) is 27.6. The van der Waals surface area contributed by atoms with Crippen molar-refractivity contribution in [1.29, 1.82) is 0 Å². The fraction of sp³-hybridized carbons (Fsp3) is 0.667.